The lowest BCUT2D eigenvalue weighted by Crippen LogP contribution is -2.01. The zero-order valence-corrected chi connectivity index (χ0v) is 10.3. The zero-order chi connectivity index (χ0) is 12.7. The molecule has 1 aromatic carbocycles. The maximum atomic E-state index is 12.9. The van der Waals surface area contributed by atoms with Crippen molar-refractivity contribution in [1.29, 1.82) is 0 Å². The summed E-state index contributed by atoms with van der Waals surface area (Å²) in [5.74, 6) is -0.881. The Morgan fingerprint density at radius 3 is 2.94 bits per heavy atom. The molecule has 0 saturated heterocycles. The molecule has 2 nitrogen and oxygen atoms in total. The molecule has 0 aromatic heterocycles. The minimum absolute atomic E-state index is 0.0338. The quantitative estimate of drug-likeness (QED) is 0.455. The summed E-state index contributed by atoms with van der Waals surface area (Å²) in [7, 11) is 0. The minimum Gasteiger partial charge on any atom is -0.463 e. The molecule has 0 aliphatic rings. The molecule has 0 radical (unpaired) electrons. The van der Waals surface area contributed by atoms with E-state index in [4.69, 9.17) is 16.3 Å². The molecular formula is C13H14ClFO2. The lowest BCUT2D eigenvalue weighted by molar-refractivity contribution is -0.137. The molecule has 4 heteroatoms. The average molecular weight is 257 g/mol. The number of esters is 1. The molecule has 0 saturated carbocycles. The standard InChI is InChI=1S/C13H14ClFO2/c1-2-3-8-17-13(16)7-5-10-4-6-12(15)11(14)9-10/h4-7,9H,2-3,8H2,1H3/b7-5+. The van der Waals surface area contributed by atoms with Crippen LogP contribution >= 0.6 is 11.6 Å². The Morgan fingerprint density at radius 2 is 2.29 bits per heavy atom. The lowest BCUT2D eigenvalue weighted by atomic mass is 10.2. The first kappa shape index (κ1) is 13.7. The van der Waals surface area contributed by atoms with Crippen LogP contribution in [0.2, 0.25) is 5.02 Å². The van der Waals surface area contributed by atoms with Crippen LogP contribution in [0.4, 0.5) is 4.39 Å². The zero-order valence-electron chi connectivity index (χ0n) is 9.58. The predicted molar refractivity (Wildman–Crippen MR) is 66.3 cm³/mol. The van der Waals surface area contributed by atoms with Crippen molar-refractivity contribution >= 4 is 23.6 Å². The van der Waals surface area contributed by atoms with Crippen molar-refractivity contribution < 1.29 is 13.9 Å². The van der Waals surface area contributed by atoms with Gasteiger partial charge in [0.15, 0.2) is 0 Å². The molecule has 0 aliphatic heterocycles. The minimum atomic E-state index is -0.477. The second-order valence-electron chi connectivity index (χ2n) is 3.53. The molecule has 0 bridgehead atoms. The monoisotopic (exact) mass is 256 g/mol. The van der Waals surface area contributed by atoms with Crippen LogP contribution in [-0.2, 0) is 9.53 Å². The molecular weight excluding hydrogens is 243 g/mol. The summed E-state index contributed by atoms with van der Waals surface area (Å²) < 4.78 is 17.8. The summed E-state index contributed by atoms with van der Waals surface area (Å²) in [6, 6.07) is 4.24. The fourth-order valence-corrected chi connectivity index (χ4v) is 1.33. The van der Waals surface area contributed by atoms with E-state index in [0.717, 1.165) is 12.8 Å². The third kappa shape index (κ3) is 5.00. The normalized spacial score (nSPS) is 10.8. The number of rotatable bonds is 5. The van der Waals surface area contributed by atoms with E-state index in [0.29, 0.717) is 12.2 Å². The number of hydrogen-bond acceptors (Lipinski definition) is 2. The van der Waals surface area contributed by atoms with Crippen LogP contribution in [0.15, 0.2) is 24.3 Å². The summed E-state index contributed by atoms with van der Waals surface area (Å²) in [5, 5.41) is 0.0338. The number of benzene rings is 1. The van der Waals surface area contributed by atoms with Crippen LogP contribution in [0, 0.1) is 5.82 Å². The van der Waals surface area contributed by atoms with Gasteiger partial charge in [-0.1, -0.05) is 31.0 Å². The Balaban J connectivity index is 2.52. The van der Waals surface area contributed by atoms with E-state index in [1.807, 2.05) is 6.92 Å². The van der Waals surface area contributed by atoms with E-state index in [-0.39, 0.29) is 5.02 Å². The van der Waals surface area contributed by atoms with Gasteiger partial charge >= 0.3 is 5.97 Å². The third-order valence-electron chi connectivity index (χ3n) is 2.10. The first-order valence-electron chi connectivity index (χ1n) is 5.43. The van der Waals surface area contributed by atoms with E-state index >= 15 is 0 Å². The van der Waals surface area contributed by atoms with E-state index in [1.54, 1.807) is 6.08 Å². The van der Waals surface area contributed by atoms with Crippen LogP contribution in [0.1, 0.15) is 25.3 Å². The van der Waals surface area contributed by atoms with E-state index in [2.05, 4.69) is 0 Å². The van der Waals surface area contributed by atoms with Crippen molar-refractivity contribution in [3.8, 4) is 0 Å². The Bertz CT molecular complexity index is 416. The van der Waals surface area contributed by atoms with Crippen LogP contribution in [-0.4, -0.2) is 12.6 Å². The second-order valence-corrected chi connectivity index (χ2v) is 3.94. The van der Waals surface area contributed by atoms with Gasteiger partial charge in [0.25, 0.3) is 0 Å². The van der Waals surface area contributed by atoms with E-state index < -0.39 is 11.8 Å². The van der Waals surface area contributed by atoms with Crippen molar-refractivity contribution in [2.75, 3.05) is 6.61 Å². The van der Waals surface area contributed by atoms with Gasteiger partial charge in [-0.25, -0.2) is 9.18 Å². The lowest BCUT2D eigenvalue weighted by Gasteiger charge is -1.99. The summed E-state index contributed by atoms with van der Waals surface area (Å²) in [4.78, 5) is 11.2. The molecule has 0 fully saturated rings. The van der Waals surface area contributed by atoms with Crippen molar-refractivity contribution in [2.24, 2.45) is 0 Å². The summed E-state index contributed by atoms with van der Waals surface area (Å²) in [5.41, 5.74) is 0.656. The Hall–Kier alpha value is -1.35. The maximum absolute atomic E-state index is 12.9. The largest absolute Gasteiger partial charge is 0.463 e. The van der Waals surface area contributed by atoms with Gasteiger partial charge in [-0.05, 0) is 30.2 Å². The number of carbonyl (C=O) groups is 1. The molecule has 92 valence electrons. The van der Waals surface area contributed by atoms with Gasteiger partial charge in [-0.3, -0.25) is 0 Å². The van der Waals surface area contributed by atoms with Crippen LogP contribution in [0.3, 0.4) is 0 Å². The predicted octanol–water partition coefficient (Wildman–Crippen LogP) is 3.84. The van der Waals surface area contributed by atoms with E-state index in [1.165, 1.54) is 24.3 Å². The molecule has 1 rings (SSSR count). The number of unbranched alkanes of at least 4 members (excludes halogenated alkanes) is 1. The van der Waals surface area contributed by atoms with Crippen LogP contribution < -0.4 is 0 Å². The van der Waals surface area contributed by atoms with Crippen LogP contribution in [0.25, 0.3) is 6.08 Å². The van der Waals surface area contributed by atoms with E-state index in [9.17, 15) is 9.18 Å². The van der Waals surface area contributed by atoms with Gasteiger partial charge in [0.05, 0.1) is 11.6 Å². The molecule has 1 aromatic rings. The van der Waals surface area contributed by atoms with Crippen molar-refractivity contribution in [2.45, 2.75) is 19.8 Å². The number of halogens is 2. The highest BCUT2D eigenvalue weighted by Gasteiger charge is 2.00. The number of ether oxygens (including phenoxy) is 1. The fraction of sp³-hybridized carbons (Fsp3) is 0.308. The van der Waals surface area contributed by atoms with Crippen molar-refractivity contribution in [1.82, 2.24) is 0 Å². The van der Waals surface area contributed by atoms with Gasteiger partial charge < -0.3 is 4.74 Å². The Kier molecular flexibility index (Phi) is 5.70. The topological polar surface area (TPSA) is 26.3 Å². The molecule has 0 amide bonds. The Morgan fingerprint density at radius 1 is 1.53 bits per heavy atom. The molecule has 0 unspecified atom stereocenters. The summed E-state index contributed by atoms with van der Waals surface area (Å²) >= 11 is 5.61. The highest BCUT2D eigenvalue weighted by molar-refractivity contribution is 6.30. The highest BCUT2D eigenvalue weighted by Crippen LogP contribution is 2.16. The smallest absolute Gasteiger partial charge is 0.330 e. The summed E-state index contributed by atoms with van der Waals surface area (Å²) in [6.45, 7) is 2.44. The van der Waals surface area contributed by atoms with Gasteiger partial charge in [-0.15, -0.1) is 0 Å². The number of carbonyl (C=O) groups excluding carboxylic acids is 1. The van der Waals surface area contributed by atoms with Gasteiger partial charge in [0.1, 0.15) is 5.82 Å². The maximum Gasteiger partial charge on any atom is 0.330 e. The Labute approximate surface area is 105 Å². The SMILES string of the molecule is CCCCOC(=O)/C=C/c1ccc(F)c(Cl)c1. The first-order valence-corrected chi connectivity index (χ1v) is 5.81. The van der Waals surface area contributed by atoms with Crippen molar-refractivity contribution in [3.63, 3.8) is 0 Å². The number of hydrogen-bond donors (Lipinski definition) is 0. The molecule has 0 spiro atoms. The molecule has 0 heterocycles. The molecule has 0 aliphatic carbocycles. The highest BCUT2D eigenvalue weighted by atomic mass is 35.5. The fourth-order valence-electron chi connectivity index (χ4n) is 1.15. The third-order valence-corrected chi connectivity index (χ3v) is 2.39. The van der Waals surface area contributed by atoms with Gasteiger partial charge in [0, 0.05) is 6.08 Å². The molecule has 17 heavy (non-hydrogen) atoms. The van der Waals surface area contributed by atoms with Crippen molar-refractivity contribution in [3.05, 3.63) is 40.7 Å². The van der Waals surface area contributed by atoms with Crippen LogP contribution in [0.5, 0.6) is 0 Å². The van der Waals surface area contributed by atoms with Gasteiger partial charge in [0.2, 0.25) is 0 Å². The molecule has 0 atom stereocenters. The second kappa shape index (κ2) is 7.07. The first-order chi connectivity index (χ1) is 8.13. The molecule has 0 N–H and O–H groups in total. The van der Waals surface area contributed by atoms with Gasteiger partial charge in [-0.2, -0.15) is 0 Å². The summed E-state index contributed by atoms with van der Waals surface area (Å²) in [6.07, 6.45) is 4.67. The average Bonchev–Trinajstić information content (AvgIpc) is 2.31.